The number of nitrogens with zero attached hydrogens (tertiary/aromatic N) is 2. The van der Waals surface area contributed by atoms with Crippen molar-refractivity contribution in [2.45, 2.75) is 52.7 Å². The van der Waals surface area contributed by atoms with E-state index in [2.05, 4.69) is 4.98 Å². The lowest BCUT2D eigenvalue weighted by Crippen LogP contribution is -2.33. The molecule has 1 saturated heterocycles. The van der Waals surface area contributed by atoms with Gasteiger partial charge in [0, 0.05) is 18.3 Å². The van der Waals surface area contributed by atoms with Crippen LogP contribution in [0.25, 0.3) is 5.76 Å². The zero-order valence-corrected chi connectivity index (χ0v) is 20.1. The monoisotopic (exact) mass is 452 g/mol. The minimum atomic E-state index is -0.800. The number of methoxy groups -OCH3 is 1. The number of hydrogen-bond acceptors (Lipinski definition) is 6. The van der Waals surface area contributed by atoms with Gasteiger partial charge < -0.3 is 19.5 Å². The minimum absolute atomic E-state index is 0.00785. The first-order chi connectivity index (χ1) is 15.7. The second-order valence-corrected chi connectivity index (χ2v) is 8.73. The van der Waals surface area contributed by atoms with E-state index in [1.54, 1.807) is 31.5 Å². The molecule has 3 rings (SSSR count). The fourth-order valence-electron chi connectivity index (χ4n) is 4.07. The lowest BCUT2D eigenvalue weighted by atomic mass is 9.92. The second kappa shape index (κ2) is 10.2. The summed E-state index contributed by atoms with van der Waals surface area (Å²) in [6.45, 7) is 10.2. The third-order valence-electron chi connectivity index (χ3n) is 5.75. The molecule has 176 valence electrons. The molecular formula is C26H32N2O5. The Hall–Kier alpha value is -3.19. The summed E-state index contributed by atoms with van der Waals surface area (Å²) in [6.07, 6.45) is 1.60. The fraction of sp³-hybridized carbons (Fsp3) is 0.423. The van der Waals surface area contributed by atoms with E-state index in [-0.39, 0.29) is 36.5 Å². The Morgan fingerprint density at radius 1 is 1.18 bits per heavy atom. The maximum atomic E-state index is 13.2. The van der Waals surface area contributed by atoms with Crippen LogP contribution < -0.4 is 4.74 Å². The largest absolute Gasteiger partial charge is 0.507 e. The highest BCUT2D eigenvalue weighted by Gasteiger charge is 2.46. The van der Waals surface area contributed by atoms with E-state index in [0.29, 0.717) is 17.0 Å². The van der Waals surface area contributed by atoms with Gasteiger partial charge in [0.05, 0.1) is 31.1 Å². The molecule has 1 aliphatic rings. The molecule has 1 aliphatic heterocycles. The molecule has 2 heterocycles. The van der Waals surface area contributed by atoms with Crippen molar-refractivity contribution in [3.05, 3.63) is 64.5 Å². The zero-order valence-electron chi connectivity index (χ0n) is 20.1. The van der Waals surface area contributed by atoms with E-state index in [0.717, 1.165) is 11.1 Å². The van der Waals surface area contributed by atoms with Crippen molar-refractivity contribution in [3.8, 4) is 5.75 Å². The maximum Gasteiger partial charge on any atom is 0.295 e. The van der Waals surface area contributed by atoms with Gasteiger partial charge in [-0.1, -0.05) is 19.9 Å². The summed E-state index contributed by atoms with van der Waals surface area (Å²) in [5.41, 5.74) is 2.68. The Morgan fingerprint density at radius 3 is 2.48 bits per heavy atom. The lowest BCUT2D eigenvalue weighted by molar-refractivity contribution is -0.140. The SMILES string of the molecule is COc1cc(C)c(/C(O)=C2\C(=O)C(=O)N(CCOC(C)C)C2c2ccccn2)cc1C(C)C. The van der Waals surface area contributed by atoms with Crippen molar-refractivity contribution < 1.29 is 24.2 Å². The number of amides is 1. The van der Waals surface area contributed by atoms with Crippen LogP contribution in [0.2, 0.25) is 0 Å². The number of ether oxygens (including phenoxy) is 2. The number of Topliss-reactive ketones (excluding diaryl/α,β-unsaturated/α-hetero) is 1. The molecule has 33 heavy (non-hydrogen) atoms. The quantitative estimate of drug-likeness (QED) is 0.363. The number of aliphatic hydroxyl groups is 1. The van der Waals surface area contributed by atoms with Gasteiger partial charge in [-0.05, 0) is 62.1 Å². The summed E-state index contributed by atoms with van der Waals surface area (Å²) in [6, 6.07) is 8.18. The highest BCUT2D eigenvalue weighted by atomic mass is 16.5. The first-order valence-electron chi connectivity index (χ1n) is 11.2. The number of benzene rings is 1. The van der Waals surface area contributed by atoms with E-state index in [9.17, 15) is 14.7 Å². The standard InChI is InChI=1S/C26H32N2O5/c1-15(2)18-14-19(17(5)13-21(18)32-6)24(29)22-23(20-9-7-8-10-27-20)28(26(31)25(22)30)11-12-33-16(3)4/h7-10,13-16,23,29H,11-12H2,1-6H3/b24-22+. The van der Waals surface area contributed by atoms with Crippen molar-refractivity contribution in [1.29, 1.82) is 0 Å². The van der Waals surface area contributed by atoms with Crippen LogP contribution in [0, 0.1) is 6.92 Å². The molecule has 0 aliphatic carbocycles. The number of carbonyl (C=O) groups is 2. The number of likely N-dealkylation sites (tertiary alicyclic amines) is 1. The van der Waals surface area contributed by atoms with Gasteiger partial charge in [0.25, 0.3) is 11.7 Å². The summed E-state index contributed by atoms with van der Waals surface area (Å²) in [5, 5.41) is 11.4. The number of rotatable bonds is 8. The third-order valence-corrected chi connectivity index (χ3v) is 5.75. The predicted molar refractivity (Wildman–Crippen MR) is 126 cm³/mol. The number of ketones is 1. The number of aryl methyl sites for hydroxylation is 1. The molecule has 0 bridgehead atoms. The summed E-state index contributed by atoms with van der Waals surface area (Å²) >= 11 is 0. The van der Waals surface area contributed by atoms with Gasteiger partial charge in [-0.25, -0.2) is 0 Å². The Kier molecular flexibility index (Phi) is 7.53. The van der Waals surface area contributed by atoms with Gasteiger partial charge in [0.15, 0.2) is 0 Å². The van der Waals surface area contributed by atoms with Crippen LogP contribution >= 0.6 is 0 Å². The van der Waals surface area contributed by atoms with Gasteiger partial charge in [-0.3, -0.25) is 14.6 Å². The summed E-state index contributed by atoms with van der Waals surface area (Å²) in [4.78, 5) is 32.0. The van der Waals surface area contributed by atoms with Crippen molar-refractivity contribution in [1.82, 2.24) is 9.88 Å². The van der Waals surface area contributed by atoms with E-state index in [4.69, 9.17) is 9.47 Å². The van der Waals surface area contributed by atoms with Gasteiger partial charge in [-0.15, -0.1) is 0 Å². The maximum absolute atomic E-state index is 13.2. The number of carbonyl (C=O) groups excluding carboxylic acids is 2. The highest BCUT2D eigenvalue weighted by Crippen LogP contribution is 2.40. The Labute approximate surface area is 195 Å². The number of aromatic nitrogens is 1. The average Bonchev–Trinajstić information content (AvgIpc) is 3.03. The van der Waals surface area contributed by atoms with Gasteiger partial charge in [0.1, 0.15) is 17.6 Å². The van der Waals surface area contributed by atoms with E-state index in [1.807, 2.05) is 46.8 Å². The van der Waals surface area contributed by atoms with E-state index >= 15 is 0 Å². The molecule has 1 amide bonds. The van der Waals surface area contributed by atoms with Crippen molar-refractivity contribution in [3.63, 3.8) is 0 Å². The summed E-state index contributed by atoms with van der Waals surface area (Å²) < 4.78 is 11.1. The summed E-state index contributed by atoms with van der Waals surface area (Å²) in [5.74, 6) is -0.761. The van der Waals surface area contributed by atoms with Crippen LogP contribution in [0.5, 0.6) is 5.75 Å². The minimum Gasteiger partial charge on any atom is -0.507 e. The van der Waals surface area contributed by atoms with Crippen LogP contribution in [0.1, 0.15) is 62.0 Å². The molecule has 2 aromatic rings. The van der Waals surface area contributed by atoms with Crippen LogP contribution in [0.15, 0.2) is 42.1 Å². The smallest absolute Gasteiger partial charge is 0.295 e. The Bertz CT molecular complexity index is 1060. The first kappa shape index (κ1) is 24.5. The molecule has 1 atom stereocenters. The Morgan fingerprint density at radius 2 is 1.91 bits per heavy atom. The highest BCUT2D eigenvalue weighted by molar-refractivity contribution is 6.46. The molecule has 1 unspecified atom stereocenters. The van der Waals surface area contributed by atoms with Crippen molar-refractivity contribution in [2.75, 3.05) is 20.3 Å². The first-order valence-corrected chi connectivity index (χ1v) is 11.2. The number of hydrogen-bond donors (Lipinski definition) is 1. The van der Waals surface area contributed by atoms with Gasteiger partial charge in [0.2, 0.25) is 0 Å². The van der Waals surface area contributed by atoms with Crippen LogP contribution in [0.4, 0.5) is 0 Å². The molecule has 1 N–H and O–H groups in total. The topological polar surface area (TPSA) is 89.0 Å². The van der Waals surface area contributed by atoms with Crippen LogP contribution in [-0.2, 0) is 14.3 Å². The molecular weight excluding hydrogens is 420 g/mol. The third kappa shape index (κ3) is 4.93. The second-order valence-electron chi connectivity index (χ2n) is 8.73. The summed E-state index contributed by atoms with van der Waals surface area (Å²) in [7, 11) is 1.60. The van der Waals surface area contributed by atoms with Gasteiger partial charge in [-0.2, -0.15) is 0 Å². The lowest BCUT2D eigenvalue weighted by Gasteiger charge is -2.25. The number of pyridine rings is 1. The van der Waals surface area contributed by atoms with E-state index in [1.165, 1.54) is 4.90 Å². The molecule has 1 aromatic heterocycles. The molecule has 1 fully saturated rings. The molecule has 1 aromatic carbocycles. The van der Waals surface area contributed by atoms with Crippen molar-refractivity contribution in [2.24, 2.45) is 0 Å². The predicted octanol–water partition coefficient (Wildman–Crippen LogP) is 4.37. The molecule has 0 spiro atoms. The van der Waals surface area contributed by atoms with Gasteiger partial charge >= 0.3 is 0 Å². The van der Waals surface area contributed by atoms with Crippen molar-refractivity contribution >= 4 is 17.4 Å². The fourth-order valence-corrected chi connectivity index (χ4v) is 4.07. The molecule has 7 heteroatoms. The zero-order chi connectivity index (χ0) is 24.3. The Balaban J connectivity index is 2.17. The average molecular weight is 453 g/mol. The molecule has 0 radical (unpaired) electrons. The van der Waals surface area contributed by atoms with Crippen LogP contribution in [-0.4, -0.2) is 53.0 Å². The normalized spacial score (nSPS) is 17.9. The molecule has 7 nitrogen and oxygen atoms in total. The number of aliphatic hydroxyl groups excluding tert-OH is 1. The van der Waals surface area contributed by atoms with E-state index < -0.39 is 17.7 Å². The molecule has 0 saturated carbocycles. The van der Waals surface area contributed by atoms with Crippen LogP contribution in [0.3, 0.4) is 0 Å².